The van der Waals surface area contributed by atoms with E-state index < -0.39 is 6.23 Å². The third-order valence-corrected chi connectivity index (χ3v) is 6.42. The first-order chi connectivity index (χ1) is 16.5. The molecule has 4 heterocycles. The zero-order valence-corrected chi connectivity index (χ0v) is 19.8. The summed E-state index contributed by atoms with van der Waals surface area (Å²) >= 11 is 12.5. The fourth-order valence-electron chi connectivity index (χ4n) is 3.95. The molecule has 1 aliphatic rings. The number of aliphatic hydroxyl groups excluding tert-OH is 1. The Labute approximate surface area is 205 Å². The zero-order valence-electron chi connectivity index (χ0n) is 18.3. The molecule has 1 atom stereocenters. The van der Waals surface area contributed by atoms with E-state index in [0.717, 1.165) is 47.4 Å². The van der Waals surface area contributed by atoms with Crippen LogP contribution in [0.25, 0.3) is 22.2 Å². The summed E-state index contributed by atoms with van der Waals surface area (Å²) in [5.74, 6) is 1.66. The molecule has 0 spiro atoms. The van der Waals surface area contributed by atoms with Crippen LogP contribution in [0.3, 0.4) is 0 Å². The van der Waals surface area contributed by atoms with Crippen LogP contribution in [-0.2, 0) is 6.61 Å². The maximum Gasteiger partial charge on any atom is 0.177 e. The van der Waals surface area contributed by atoms with Gasteiger partial charge >= 0.3 is 0 Å². The molecule has 11 heteroatoms. The predicted octanol–water partition coefficient (Wildman–Crippen LogP) is 4.07. The minimum absolute atomic E-state index is 0.112. The van der Waals surface area contributed by atoms with Crippen molar-refractivity contribution in [2.24, 2.45) is 5.73 Å². The van der Waals surface area contributed by atoms with Crippen molar-refractivity contribution in [3.63, 3.8) is 0 Å². The van der Waals surface area contributed by atoms with E-state index in [1.807, 2.05) is 6.07 Å². The lowest BCUT2D eigenvalue weighted by Gasteiger charge is -2.33. The number of methoxy groups -OCH3 is 1. The lowest BCUT2D eigenvalue weighted by Crippen LogP contribution is -2.38. The molecule has 0 unspecified atom stereocenters. The number of H-pyrrole nitrogens is 1. The molecule has 4 aromatic rings. The van der Waals surface area contributed by atoms with Crippen molar-refractivity contribution in [3.8, 4) is 22.8 Å². The van der Waals surface area contributed by atoms with Crippen LogP contribution in [0, 0.1) is 0 Å². The molecule has 0 aliphatic carbocycles. The molecule has 1 aliphatic heterocycles. The Balaban J connectivity index is 1.54. The predicted molar refractivity (Wildman–Crippen MR) is 130 cm³/mol. The van der Waals surface area contributed by atoms with Gasteiger partial charge in [-0.2, -0.15) is 5.10 Å². The van der Waals surface area contributed by atoms with Crippen molar-refractivity contribution in [3.05, 3.63) is 58.0 Å². The number of nitrogens with zero attached hydrogens (tertiary/aromatic N) is 4. The lowest BCUT2D eigenvalue weighted by molar-refractivity contribution is 0.204. The average molecular weight is 501 g/mol. The molecule has 1 aromatic carbocycles. The number of nitrogens with one attached hydrogen (secondary N) is 1. The number of halogens is 2. The zero-order chi connectivity index (χ0) is 23.8. The molecule has 3 aromatic heterocycles. The number of fused-ring (bicyclic) bond motifs is 1. The summed E-state index contributed by atoms with van der Waals surface area (Å²) in [6, 6.07) is 5.47. The molecule has 0 amide bonds. The van der Waals surface area contributed by atoms with Gasteiger partial charge in [-0.15, -0.1) is 0 Å². The number of aromatic amines is 1. The Morgan fingerprint density at radius 3 is 2.56 bits per heavy atom. The molecule has 0 saturated carbocycles. The molecular weight excluding hydrogens is 479 g/mol. The quantitative estimate of drug-likeness (QED) is 0.324. The van der Waals surface area contributed by atoms with E-state index in [1.54, 1.807) is 18.3 Å². The molecule has 34 heavy (non-hydrogen) atoms. The Morgan fingerprint density at radius 1 is 1.15 bits per heavy atom. The highest BCUT2D eigenvalue weighted by Crippen LogP contribution is 2.39. The van der Waals surface area contributed by atoms with Crippen LogP contribution in [-0.4, -0.2) is 45.5 Å². The van der Waals surface area contributed by atoms with Crippen LogP contribution < -0.4 is 20.1 Å². The van der Waals surface area contributed by atoms with Crippen LogP contribution in [0.4, 0.5) is 5.82 Å². The van der Waals surface area contributed by atoms with Crippen molar-refractivity contribution in [1.29, 1.82) is 0 Å². The number of nitrogens with two attached hydrogens (primary N) is 1. The fourth-order valence-corrected chi connectivity index (χ4v) is 4.53. The van der Waals surface area contributed by atoms with Crippen LogP contribution in [0.5, 0.6) is 11.5 Å². The Hall–Kier alpha value is -3.11. The van der Waals surface area contributed by atoms with Crippen molar-refractivity contribution < 1.29 is 14.6 Å². The molecule has 5 rings (SSSR count). The molecule has 176 valence electrons. The van der Waals surface area contributed by atoms with Crippen molar-refractivity contribution in [2.75, 3.05) is 25.1 Å². The largest absolute Gasteiger partial charge is 0.493 e. The summed E-state index contributed by atoms with van der Waals surface area (Å²) in [6.07, 6.45) is 4.84. The van der Waals surface area contributed by atoms with Gasteiger partial charge in [0.1, 0.15) is 11.5 Å². The Bertz CT molecular complexity index is 1340. The monoisotopic (exact) mass is 500 g/mol. The van der Waals surface area contributed by atoms with Gasteiger partial charge in [0.05, 0.1) is 29.3 Å². The van der Waals surface area contributed by atoms with Gasteiger partial charge < -0.3 is 19.5 Å². The normalized spacial score (nSPS) is 14.2. The highest BCUT2D eigenvalue weighted by Gasteiger charge is 2.22. The van der Waals surface area contributed by atoms with E-state index >= 15 is 0 Å². The summed E-state index contributed by atoms with van der Waals surface area (Å²) in [7, 11) is 1.54. The average Bonchev–Trinajstić information content (AvgIpc) is 3.20. The number of anilines is 1. The first-order valence-corrected chi connectivity index (χ1v) is 11.4. The molecule has 1 saturated heterocycles. The second-order valence-corrected chi connectivity index (χ2v) is 8.70. The first kappa shape index (κ1) is 22.7. The minimum Gasteiger partial charge on any atom is -0.493 e. The van der Waals surface area contributed by atoms with Crippen LogP contribution in [0.15, 0.2) is 36.8 Å². The summed E-state index contributed by atoms with van der Waals surface area (Å²) in [5.41, 5.74) is 9.62. The smallest absolute Gasteiger partial charge is 0.177 e. The SMILES string of the molecule is COc1cc2[nH]nc(-c3cnc(N4CCC4)c(CO)c3)c2cc1O[C@H](N)c1c(Cl)cncc1Cl. The third kappa shape index (κ3) is 4.01. The number of pyridine rings is 2. The lowest BCUT2D eigenvalue weighted by atomic mass is 10.1. The molecule has 0 radical (unpaired) electrons. The number of rotatable bonds is 7. The number of hydrogen-bond donors (Lipinski definition) is 3. The number of aliphatic hydroxyl groups is 1. The van der Waals surface area contributed by atoms with E-state index in [9.17, 15) is 5.11 Å². The van der Waals surface area contributed by atoms with E-state index in [-0.39, 0.29) is 6.61 Å². The Kier molecular flexibility index (Phi) is 6.18. The van der Waals surface area contributed by atoms with Gasteiger partial charge in [0.2, 0.25) is 0 Å². The first-order valence-electron chi connectivity index (χ1n) is 10.6. The van der Waals surface area contributed by atoms with Gasteiger partial charge in [-0.25, -0.2) is 4.98 Å². The third-order valence-electron chi connectivity index (χ3n) is 5.82. The second kappa shape index (κ2) is 9.27. The maximum absolute atomic E-state index is 9.92. The number of benzene rings is 1. The van der Waals surface area contributed by atoms with Gasteiger partial charge in [0.25, 0.3) is 0 Å². The van der Waals surface area contributed by atoms with Gasteiger partial charge in [-0.05, 0) is 18.6 Å². The number of ether oxygens (including phenoxy) is 2. The van der Waals surface area contributed by atoms with Crippen LogP contribution in [0.1, 0.15) is 23.8 Å². The molecule has 1 fully saturated rings. The molecule has 9 nitrogen and oxygen atoms in total. The van der Waals surface area contributed by atoms with Gasteiger partial charge in [0, 0.05) is 59.8 Å². The van der Waals surface area contributed by atoms with Gasteiger partial charge in [-0.3, -0.25) is 15.8 Å². The highest BCUT2D eigenvalue weighted by atomic mass is 35.5. The van der Waals surface area contributed by atoms with Crippen molar-refractivity contribution in [2.45, 2.75) is 19.3 Å². The summed E-state index contributed by atoms with van der Waals surface area (Å²) < 4.78 is 11.5. The summed E-state index contributed by atoms with van der Waals surface area (Å²) in [5, 5.41) is 18.8. The van der Waals surface area contributed by atoms with E-state index in [1.165, 1.54) is 19.5 Å². The van der Waals surface area contributed by atoms with Crippen molar-refractivity contribution in [1.82, 2.24) is 20.2 Å². The Morgan fingerprint density at radius 2 is 1.91 bits per heavy atom. The standard InChI is InChI=1S/C23H22Cl2N6O3/c1-33-18-7-17-14(6-19(18)34-22(26)20-15(24)9-27-10-16(20)25)21(30-29-17)12-5-13(11-32)23(28-8-12)31-3-2-4-31/h5-10,22,32H,2-4,11,26H2,1H3,(H,29,30)/t22-/m0/s1. The minimum atomic E-state index is -0.955. The van der Waals surface area contributed by atoms with Gasteiger partial charge in [0.15, 0.2) is 17.7 Å². The number of aromatic nitrogens is 4. The van der Waals surface area contributed by atoms with Crippen LogP contribution >= 0.6 is 23.2 Å². The van der Waals surface area contributed by atoms with E-state index in [2.05, 4.69) is 25.1 Å². The van der Waals surface area contributed by atoms with Gasteiger partial charge in [-0.1, -0.05) is 23.2 Å². The van der Waals surface area contributed by atoms with Crippen LogP contribution in [0.2, 0.25) is 10.0 Å². The van der Waals surface area contributed by atoms with E-state index in [0.29, 0.717) is 32.8 Å². The maximum atomic E-state index is 9.92. The fraction of sp³-hybridized carbons (Fsp3) is 0.261. The van der Waals surface area contributed by atoms with E-state index in [4.69, 9.17) is 38.4 Å². The number of hydrogen-bond acceptors (Lipinski definition) is 8. The summed E-state index contributed by atoms with van der Waals surface area (Å²) in [4.78, 5) is 10.7. The van der Waals surface area contributed by atoms with Crippen molar-refractivity contribution >= 4 is 39.9 Å². The molecule has 4 N–H and O–H groups in total. The molecule has 0 bridgehead atoms. The summed E-state index contributed by atoms with van der Waals surface area (Å²) in [6.45, 7) is 1.77. The second-order valence-electron chi connectivity index (χ2n) is 7.88. The molecular formula is C23H22Cl2N6O3. The highest BCUT2D eigenvalue weighted by molar-refractivity contribution is 6.35. The topological polar surface area (TPSA) is 122 Å².